The van der Waals surface area contributed by atoms with Gasteiger partial charge in [-0.1, -0.05) is 19.6 Å². The zero-order valence-corrected chi connectivity index (χ0v) is 15.3. The third-order valence-corrected chi connectivity index (χ3v) is 5.06. The van der Waals surface area contributed by atoms with Gasteiger partial charge in [-0.3, -0.25) is 0 Å². The maximum Gasteiger partial charge on any atom is 0.514 e. The minimum absolute atomic E-state index is 0.341. The maximum absolute atomic E-state index is 6.07. The van der Waals surface area contributed by atoms with Crippen molar-refractivity contribution in [1.82, 2.24) is 9.78 Å². The number of ether oxygens (including phenoxy) is 1. The fourth-order valence-corrected chi connectivity index (χ4v) is 2.76. The van der Waals surface area contributed by atoms with E-state index >= 15 is 0 Å². The Morgan fingerprint density at radius 3 is 2.29 bits per heavy atom. The van der Waals surface area contributed by atoms with Crippen LogP contribution in [-0.2, 0) is 20.8 Å². The SMILES string of the molecule is CC1(C)OB(c2ccnn2COC[Si](C)(C)C)OC1(C)C. The average molecular weight is 310 g/mol. The van der Waals surface area contributed by atoms with Crippen molar-refractivity contribution < 1.29 is 14.0 Å². The average Bonchev–Trinajstić information content (AvgIpc) is 2.80. The minimum atomic E-state index is -1.21. The first kappa shape index (κ1) is 16.7. The fraction of sp³-hybridized carbons (Fsp3) is 0.786. The molecule has 1 aromatic heterocycles. The summed E-state index contributed by atoms with van der Waals surface area (Å²) in [5.41, 5.74) is 0.224. The van der Waals surface area contributed by atoms with Gasteiger partial charge in [-0.05, 0) is 33.8 Å². The van der Waals surface area contributed by atoms with Crippen LogP contribution in [0.5, 0.6) is 0 Å². The van der Waals surface area contributed by atoms with Gasteiger partial charge in [-0.15, -0.1) is 0 Å². The number of hydrogen-bond acceptors (Lipinski definition) is 4. The Bertz CT molecular complexity index is 481. The van der Waals surface area contributed by atoms with Crippen LogP contribution >= 0.6 is 0 Å². The predicted molar refractivity (Wildman–Crippen MR) is 87.2 cm³/mol. The minimum Gasteiger partial charge on any atom is -0.398 e. The summed E-state index contributed by atoms with van der Waals surface area (Å²) in [6.07, 6.45) is 2.58. The molecule has 0 spiro atoms. The second-order valence-electron chi connectivity index (χ2n) is 7.88. The van der Waals surface area contributed by atoms with Crippen molar-refractivity contribution in [3.63, 3.8) is 0 Å². The van der Waals surface area contributed by atoms with Crippen LogP contribution in [0, 0.1) is 0 Å². The van der Waals surface area contributed by atoms with Gasteiger partial charge in [-0.2, -0.15) is 5.10 Å². The Kier molecular flexibility index (Phi) is 4.41. The van der Waals surface area contributed by atoms with Crippen molar-refractivity contribution >= 4 is 20.8 Å². The quantitative estimate of drug-likeness (QED) is 0.781. The molecule has 0 unspecified atom stereocenters. The van der Waals surface area contributed by atoms with Crippen LogP contribution in [0.2, 0.25) is 19.6 Å². The van der Waals surface area contributed by atoms with Crippen LogP contribution < -0.4 is 5.59 Å². The molecule has 7 heteroatoms. The third-order valence-electron chi connectivity index (χ3n) is 3.99. The van der Waals surface area contributed by atoms with E-state index in [1.165, 1.54) is 0 Å². The first-order valence-electron chi connectivity index (χ1n) is 7.47. The molecular weight excluding hydrogens is 283 g/mol. The lowest BCUT2D eigenvalue weighted by molar-refractivity contribution is 0.00578. The Balaban J connectivity index is 2.05. The van der Waals surface area contributed by atoms with Crippen molar-refractivity contribution in [2.24, 2.45) is 0 Å². The summed E-state index contributed by atoms with van der Waals surface area (Å²) >= 11 is 0. The van der Waals surface area contributed by atoms with E-state index in [-0.39, 0.29) is 11.2 Å². The highest BCUT2D eigenvalue weighted by Gasteiger charge is 2.52. The fourth-order valence-electron chi connectivity index (χ4n) is 2.05. The Hall–Kier alpha value is -0.628. The number of hydrogen-bond donors (Lipinski definition) is 0. The van der Waals surface area contributed by atoms with Crippen LogP contribution in [0.15, 0.2) is 12.3 Å². The summed E-state index contributed by atoms with van der Waals surface area (Å²) in [4.78, 5) is 0. The molecule has 1 aliphatic heterocycles. The van der Waals surface area contributed by atoms with Crippen molar-refractivity contribution in [3.8, 4) is 0 Å². The summed E-state index contributed by atoms with van der Waals surface area (Å²) in [6, 6.07) is 1.93. The molecule has 2 rings (SSSR count). The predicted octanol–water partition coefficient (Wildman–Crippen LogP) is 2.03. The summed E-state index contributed by atoms with van der Waals surface area (Å²) in [5, 5.41) is 4.32. The lowest BCUT2D eigenvalue weighted by atomic mass is 9.85. The first-order chi connectivity index (χ1) is 9.52. The molecule has 21 heavy (non-hydrogen) atoms. The Morgan fingerprint density at radius 1 is 1.19 bits per heavy atom. The van der Waals surface area contributed by atoms with E-state index in [4.69, 9.17) is 14.0 Å². The van der Waals surface area contributed by atoms with Gasteiger partial charge in [0.2, 0.25) is 0 Å². The van der Waals surface area contributed by atoms with Crippen LogP contribution in [0.1, 0.15) is 27.7 Å². The standard InChI is InChI=1S/C14H27BN2O3Si/c1-13(2)14(3,4)20-15(19-13)12-8-9-16-17(12)10-18-11-21(5,6)7/h8-9H,10-11H2,1-7H3. The summed E-state index contributed by atoms with van der Waals surface area (Å²) < 4.78 is 19.8. The molecular formula is C14H27BN2O3Si. The Morgan fingerprint density at radius 2 is 1.76 bits per heavy atom. The highest BCUT2D eigenvalue weighted by atomic mass is 28.3. The maximum atomic E-state index is 6.07. The molecule has 1 fully saturated rings. The highest BCUT2D eigenvalue weighted by molar-refractivity contribution is 6.76. The molecule has 0 saturated carbocycles. The number of aromatic nitrogens is 2. The monoisotopic (exact) mass is 310 g/mol. The van der Waals surface area contributed by atoms with Crippen molar-refractivity contribution in [2.45, 2.75) is 65.3 Å². The molecule has 1 aromatic rings. The van der Waals surface area contributed by atoms with Crippen LogP contribution in [0.3, 0.4) is 0 Å². The molecule has 1 saturated heterocycles. The van der Waals surface area contributed by atoms with Crippen molar-refractivity contribution in [3.05, 3.63) is 12.3 Å². The zero-order valence-electron chi connectivity index (χ0n) is 14.3. The molecule has 0 bridgehead atoms. The third kappa shape index (κ3) is 3.77. The van der Waals surface area contributed by atoms with Gasteiger partial charge in [0.05, 0.1) is 24.9 Å². The molecule has 0 N–H and O–H groups in total. The van der Waals surface area contributed by atoms with Crippen molar-refractivity contribution in [1.29, 1.82) is 0 Å². The second-order valence-corrected chi connectivity index (χ2v) is 13.3. The lowest BCUT2D eigenvalue weighted by Gasteiger charge is -2.32. The molecule has 2 heterocycles. The molecule has 0 amide bonds. The van der Waals surface area contributed by atoms with Crippen LogP contribution in [0.4, 0.5) is 0 Å². The first-order valence-corrected chi connectivity index (χ1v) is 11.2. The zero-order chi connectivity index (χ0) is 15.9. The smallest absolute Gasteiger partial charge is 0.398 e. The van der Waals surface area contributed by atoms with E-state index in [1.807, 2.05) is 10.7 Å². The van der Waals surface area contributed by atoms with Crippen LogP contribution in [0.25, 0.3) is 0 Å². The van der Waals surface area contributed by atoms with Gasteiger partial charge < -0.3 is 14.0 Å². The van der Waals surface area contributed by atoms with Crippen molar-refractivity contribution in [2.75, 3.05) is 6.23 Å². The molecule has 0 aliphatic carbocycles. The molecule has 0 aromatic carbocycles. The van der Waals surface area contributed by atoms with Gasteiger partial charge in [0.25, 0.3) is 0 Å². The van der Waals surface area contributed by atoms with Gasteiger partial charge in [0.1, 0.15) is 6.73 Å². The van der Waals surface area contributed by atoms with E-state index < -0.39 is 15.2 Å². The lowest BCUT2D eigenvalue weighted by Crippen LogP contribution is -2.41. The molecule has 0 atom stereocenters. The van der Waals surface area contributed by atoms with E-state index in [0.29, 0.717) is 6.73 Å². The van der Waals surface area contributed by atoms with E-state index in [1.54, 1.807) is 6.20 Å². The van der Waals surface area contributed by atoms with Gasteiger partial charge >= 0.3 is 7.12 Å². The van der Waals surface area contributed by atoms with Crippen LogP contribution in [-0.4, -0.2) is 42.4 Å². The van der Waals surface area contributed by atoms with Gasteiger partial charge in [0, 0.05) is 12.4 Å². The highest BCUT2D eigenvalue weighted by Crippen LogP contribution is 2.36. The second kappa shape index (κ2) is 5.53. The molecule has 1 aliphatic rings. The Labute approximate surface area is 129 Å². The molecule has 0 radical (unpaired) electrons. The topological polar surface area (TPSA) is 45.5 Å². The van der Waals surface area contributed by atoms with Gasteiger partial charge in [-0.25, -0.2) is 4.68 Å². The van der Waals surface area contributed by atoms with Gasteiger partial charge in [0.15, 0.2) is 0 Å². The van der Waals surface area contributed by atoms with E-state index in [2.05, 4.69) is 52.4 Å². The number of nitrogens with zero attached hydrogens (tertiary/aromatic N) is 2. The molecule has 118 valence electrons. The largest absolute Gasteiger partial charge is 0.514 e. The summed E-state index contributed by atoms with van der Waals surface area (Å²) in [7, 11) is -1.61. The molecule has 5 nitrogen and oxygen atoms in total. The summed E-state index contributed by atoms with van der Waals surface area (Å²) in [5.74, 6) is 0. The summed E-state index contributed by atoms with van der Waals surface area (Å²) in [6.45, 7) is 15.5. The number of rotatable bonds is 5. The van der Waals surface area contributed by atoms with E-state index in [9.17, 15) is 0 Å². The normalized spacial score (nSPS) is 21.0. The van der Waals surface area contributed by atoms with E-state index in [0.717, 1.165) is 11.8 Å².